The van der Waals surface area contributed by atoms with Gasteiger partial charge in [-0.1, -0.05) is 13.0 Å². The van der Waals surface area contributed by atoms with E-state index in [1.54, 1.807) is 12.1 Å². The number of rotatable bonds is 7. The average molecular weight is 509 g/mol. The number of carbonyl (C=O) groups excluding carboxylic acids is 1. The molecule has 0 atom stereocenters. The lowest BCUT2D eigenvalue weighted by molar-refractivity contribution is -0.384. The number of benzene rings is 2. The molecule has 0 fully saturated rings. The van der Waals surface area contributed by atoms with Gasteiger partial charge in [0.15, 0.2) is 0 Å². The molecular formula is C19H15Br2N3O4. The van der Waals surface area contributed by atoms with Crippen molar-refractivity contribution in [2.24, 2.45) is 0 Å². The molecule has 0 saturated heterocycles. The van der Waals surface area contributed by atoms with Crippen LogP contribution >= 0.6 is 31.9 Å². The molecule has 1 amide bonds. The fourth-order valence-electron chi connectivity index (χ4n) is 2.22. The van der Waals surface area contributed by atoms with Gasteiger partial charge in [0.2, 0.25) is 0 Å². The van der Waals surface area contributed by atoms with Gasteiger partial charge in [-0.3, -0.25) is 14.9 Å². The number of carbonyl (C=O) groups is 1. The van der Waals surface area contributed by atoms with Gasteiger partial charge < -0.3 is 10.1 Å². The lowest BCUT2D eigenvalue weighted by atomic mass is 10.1. The number of hydrogen-bond acceptors (Lipinski definition) is 5. The van der Waals surface area contributed by atoms with Crippen LogP contribution in [0.25, 0.3) is 6.08 Å². The third-order valence-corrected chi connectivity index (χ3v) is 4.64. The summed E-state index contributed by atoms with van der Waals surface area (Å²) in [4.78, 5) is 22.7. The van der Waals surface area contributed by atoms with Crippen molar-refractivity contribution in [1.82, 2.24) is 0 Å². The highest BCUT2D eigenvalue weighted by Crippen LogP contribution is 2.35. The van der Waals surface area contributed by atoms with Crippen molar-refractivity contribution in [2.75, 3.05) is 11.9 Å². The van der Waals surface area contributed by atoms with E-state index in [9.17, 15) is 20.2 Å². The standard InChI is InChI=1S/C19H15Br2N3O4/c1-2-6-28-18-16(20)8-12(9-17(18)21)7-13(11-22)19(25)23-14-4-3-5-15(10-14)24(26)27/h3-5,7-10H,2,6H2,1H3,(H,23,25)/b13-7+. The van der Waals surface area contributed by atoms with Crippen LogP contribution in [0.3, 0.4) is 0 Å². The van der Waals surface area contributed by atoms with Crippen LogP contribution in [0, 0.1) is 21.4 Å². The Kier molecular flexibility index (Phi) is 7.72. The fraction of sp³-hybridized carbons (Fsp3) is 0.158. The SMILES string of the molecule is CCCOc1c(Br)cc(/C=C(\C#N)C(=O)Nc2cccc([N+](=O)[O-])c2)cc1Br. The van der Waals surface area contributed by atoms with Crippen LogP contribution in [0.2, 0.25) is 0 Å². The summed E-state index contributed by atoms with van der Waals surface area (Å²) in [5.74, 6) is -0.0277. The Morgan fingerprint density at radius 2 is 2.00 bits per heavy atom. The van der Waals surface area contributed by atoms with Crippen LogP contribution in [0.15, 0.2) is 50.9 Å². The fourth-order valence-corrected chi connectivity index (χ4v) is 3.67. The molecule has 9 heteroatoms. The third-order valence-electron chi connectivity index (χ3n) is 3.46. The molecule has 0 spiro atoms. The van der Waals surface area contributed by atoms with Crippen molar-refractivity contribution in [3.05, 3.63) is 66.6 Å². The number of non-ortho nitro benzene ring substituents is 1. The van der Waals surface area contributed by atoms with E-state index < -0.39 is 10.8 Å². The Labute approximate surface area is 178 Å². The molecule has 0 aliphatic rings. The monoisotopic (exact) mass is 507 g/mol. The lowest BCUT2D eigenvalue weighted by Gasteiger charge is -2.10. The molecule has 2 aromatic carbocycles. The van der Waals surface area contributed by atoms with E-state index in [1.807, 2.05) is 13.0 Å². The molecule has 0 unspecified atom stereocenters. The molecule has 0 aromatic heterocycles. The predicted octanol–water partition coefficient (Wildman–Crippen LogP) is 5.45. The van der Waals surface area contributed by atoms with Crippen molar-refractivity contribution >= 4 is 55.2 Å². The number of anilines is 1. The number of ether oxygens (including phenoxy) is 1. The predicted molar refractivity (Wildman–Crippen MR) is 113 cm³/mol. The van der Waals surface area contributed by atoms with Gasteiger partial charge in [0.25, 0.3) is 11.6 Å². The molecule has 0 aliphatic heterocycles. The van der Waals surface area contributed by atoms with Crippen LogP contribution in [0.5, 0.6) is 5.75 Å². The van der Waals surface area contributed by atoms with E-state index in [1.165, 1.54) is 30.3 Å². The molecule has 0 aliphatic carbocycles. The number of nitro groups is 1. The molecule has 1 N–H and O–H groups in total. The zero-order valence-electron chi connectivity index (χ0n) is 14.7. The number of nitro benzene ring substituents is 1. The summed E-state index contributed by atoms with van der Waals surface area (Å²) in [6.07, 6.45) is 2.28. The van der Waals surface area contributed by atoms with E-state index in [2.05, 4.69) is 37.2 Å². The van der Waals surface area contributed by atoms with Gasteiger partial charge in [0.1, 0.15) is 17.4 Å². The lowest BCUT2D eigenvalue weighted by Crippen LogP contribution is -2.13. The number of hydrogen-bond donors (Lipinski definition) is 1. The largest absolute Gasteiger partial charge is 0.491 e. The number of amides is 1. The third kappa shape index (κ3) is 5.65. The molecular weight excluding hydrogens is 494 g/mol. The number of nitrogens with zero attached hydrogens (tertiary/aromatic N) is 2. The van der Waals surface area contributed by atoms with E-state index in [0.29, 0.717) is 26.9 Å². The summed E-state index contributed by atoms with van der Waals surface area (Å²) >= 11 is 6.84. The topological polar surface area (TPSA) is 105 Å². The second kappa shape index (κ2) is 10.0. The number of nitriles is 1. The first-order chi connectivity index (χ1) is 13.3. The average Bonchev–Trinajstić information content (AvgIpc) is 2.65. The molecule has 2 rings (SSSR count). The van der Waals surface area contributed by atoms with Gasteiger partial charge in [-0.15, -0.1) is 0 Å². The van der Waals surface area contributed by atoms with Crippen LogP contribution in [-0.2, 0) is 4.79 Å². The Balaban J connectivity index is 2.26. The van der Waals surface area contributed by atoms with Gasteiger partial charge in [-0.25, -0.2) is 0 Å². The van der Waals surface area contributed by atoms with Crippen LogP contribution < -0.4 is 10.1 Å². The van der Waals surface area contributed by atoms with Crippen molar-refractivity contribution in [1.29, 1.82) is 5.26 Å². The molecule has 0 saturated carbocycles. The normalized spacial score (nSPS) is 10.9. The smallest absolute Gasteiger partial charge is 0.271 e. The summed E-state index contributed by atoms with van der Waals surface area (Å²) in [5.41, 5.74) is 0.530. The summed E-state index contributed by atoms with van der Waals surface area (Å²) in [5, 5.41) is 22.7. The Morgan fingerprint density at radius 3 is 2.57 bits per heavy atom. The molecule has 144 valence electrons. The second-order valence-electron chi connectivity index (χ2n) is 5.59. The highest BCUT2D eigenvalue weighted by Gasteiger charge is 2.14. The molecule has 0 radical (unpaired) electrons. The zero-order valence-corrected chi connectivity index (χ0v) is 17.9. The van der Waals surface area contributed by atoms with Gasteiger partial charge in [0.05, 0.1) is 20.5 Å². The maximum absolute atomic E-state index is 12.4. The molecule has 2 aromatic rings. The first kappa shape index (κ1) is 21.6. The minimum Gasteiger partial charge on any atom is -0.491 e. The highest BCUT2D eigenvalue weighted by atomic mass is 79.9. The molecule has 0 heterocycles. The first-order valence-corrected chi connectivity index (χ1v) is 9.73. The Hall–Kier alpha value is -2.70. The zero-order chi connectivity index (χ0) is 20.7. The molecule has 7 nitrogen and oxygen atoms in total. The Bertz CT molecular complexity index is 960. The number of halogens is 2. The van der Waals surface area contributed by atoms with Crippen molar-refractivity contribution in [2.45, 2.75) is 13.3 Å². The van der Waals surface area contributed by atoms with Crippen molar-refractivity contribution < 1.29 is 14.5 Å². The van der Waals surface area contributed by atoms with Crippen LogP contribution in [0.1, 0.15) is 18.9 Å². The van der Waals surface area contributed by atoms with Gasteiger partial charge in [-0.05, 0) is 68.1 Å². The minimum absolute atomic E-state index is 0.146. The quantitative estimate of drug-likeness (QED) is 0.231. The van der Waals surface area contributed by atoms with E-state index in [0.717, 1.165) is 6.42 Å². The summed E-state index contributed by atoms with van der Waals surface area (Å²) in [7, 11) is 0. The summed E-state index contributed by atoms with van der Waals surface area (Å²) < 4.78 is 7.00. The van der Waals surface area contributed by atoms with Crippen molar-refractivity contribution in [3.8, 4) is 11.8 Å². The van der Waals surface area contributed by atoms with Crippen molar-refractivity contribution in [3.63, 3.8) is 0 Å². The van der Waals surface area contributed by atoms with Crippen LogP contribution in [-0.4, -0.2) is 17.4 Å². The van der Waals surface area contributed by atoms with Gasteiger partial charge in [-0.2, -0.15) is 5.26 Å². The summed E-state index contributed by atoms with van der Waals surface area (Å²) in [6.45, 7) is 2.56. The molecule has 0 bridgehead atoms. The van der Waals surface area contributed by atoms with Crippen LogP contribution in [0.4, 0.5) is 11.4 Å². The highest BCUT2D eigenvalue weighted by molar-refractivity contribution is 9.11. The maximum Gasteiger partial charge on any atom is 0.271 e. The number of nitrogens with one attached hydrogen (secondary N) is 1. The first-order valence-electron chi connectivity index (χ1n) is 8.15. The van der Waals surface area contributed by atoms with E-state index in [-0.39, 0.29) is 16.9 Å². The van der Waals surface area contributed by atoms with E-state index in [4.69, 9.17) is 4.74 Å². The Morgan fingerprint density at radius 1 is 1.32 bits per heavy atom. The summed E-state index contributed by atoms with van der Waals surface area (Å²) in [6, 6.07) is 10.8. The maximum atomic E-state index is 12.4. The van der Waals surface area contributed by atoms with Gasteiger partial charge in [0, 0.05) is 17.8 Å². The van der Waals surface area contributed by atoms with Gasteiger partial charge >= 0.3 is 0 Å². The molecule has 28 heavy (non-hydrogen) atoms. The second-order valence-corrected chi connectivity index (χ2v) is 7.30. The van der Waals surface area contributed by atoms with E-state index >= 15 is 0 Å². The minimum atomic E-state index is -0.665.